The van der Waals surface area contributed by atoms with Gasteiger partial charge in [0.1, 0.15) is 5.75 Å². The third-order valence-corrected chi connectivity index (χ3v) is 4.33. The molecule has 0 bridgehead atoms. The maximum atomic E-state index is 12.3. The van der Waals surface area contributed by atoms with Gasteiger partial charge in [0.15, 0.2) is 6.54 Å². The van der Waals surface area contributed by atoms with Crippen LogP contribution >= 0.6 is 0 Å². The molecule has 0 fully saturated rings. The monoisotopic (exact) mass is 370 g/mol. The van der Waals surface area contributed by atoms with Gasteiger partial charge < -0.3 is 20.3 Å². The zero-order valence-electron chi connectivity index (χ0n) is 16.2. The molecule has 0 aliphatic heterocycles. The van der Waals surface area contributed by atoms with E-state index in [2.05, 4.69) is 29.7 Å². The van der Waals surface area contributed by atoms with Crippen LogP contribution in [0.5, 0.6) is 5.75 Å². The number of quaternary nitrogens is 1. The van der Waals surface area contributed by atoms with Crippen LogP contribution in [0.3, 0.4) is 0 Å². The average molecular weight is 370 g/mol. The fraction of sp³-hybridized carbons (Fsp3) is 0.333. The van der Waals surface area contributed by atoms with E-state index < -0.39 is 0 Å². The molecule has 2 aromatic rings. The van der Waals surface area contributed by atoms with Crippen molar-refractivity contribution in [3.8, 4) is 5.75 Å². The molecule has 0 aliphatic carbocycles. The van der Waals surface area contributed by atoms with Crippen molar-refractivity contribution in [3.05, 3.63) is 54.1 Å². The quantitative estimate of drug-likeness (QED) is 0.630. The van der Waals surface area contributed by atoms with Crippen molar-refractivity contribution >= 4 is 23.2 Å². The molecule has 144 valence electrons. The number of amides is 2. The standard InChI is InChI=1S/C21H27N3O3/c1-4-24(14-13-17-5-11-20(27-3)12-6-17)15-21(26)23-19-9-7-18(8-10-19)22-16(2)25/h5-12H,4,13-15H2,1-3H3,(H,22,25)(H,23,26)/p+1. The van der Waals surface area contributed by atoms with E-state index in [1.54, 1.807) is 31.4 Å². The van der Waals surface area contributed by atoms with Gasteiger partial charge in [0, 0.05) is 24.7 Å². The number of carbonyl (C=O) groups is 2. The van der Waals surface area contributed by atoms with Gasteiger partial charge in [0.05, 0.1) is 20.2 Å². The lowest BCUT2D eigenvalue weighted by molar-refractivity contribution is -0.889. The second-order valence-corrected chi connectivity index (χ2v) is 6.44. The largest absolute Gasteiger partial charge is 0.497 e. The first-order chi connectivity index (χ1) is 13.0. The van der Waals surface area contributed by atoms with Crippen molar-refractivity contribution in [1.29, 1.82) is 0 Å². The molecule has 0 aliphatic rings. The summed E-state index contributed by atoms with van der Waals surface area (Å²) in [7, 11) is 1.66. The highest BCUT2D eigenvalue weighted by Crippen LogP contribution is 2.13. The first-order valence-corrected chi connectivity index (χ1v) is 9.14. The Labute approximate surface area is 160 Å². The highest BCUT2D eigenvalue weighted by atomic mass is 16.5. The normalized spacial score (nSPS) is 11.5. The summed E-state index contributed by atoms with van der Waals surface area (Å²) in [6.45, 7) is 5.73. The highest BCUT2D eigenvalue weighted by molar-refractivity contribution is 5.92. The van der Waals surface area contributed by atoms with Gasteiger partial charge in [-0.1, -0.05) is 12.1 Å². The van der Waals surface area contributed by atoms with Gasteiger partial charge in [-0.25, -0.2) is 0 Å². The number of hydrogen-bond donors (Lipinski definition) is 3. The summed E-state index contributed by atoms with van der Waals surface area (Å²) < 4.78 is 5.17. The number of carbonyl (C=O) groups excluding carboxylic acids is 2. The molecule has 1 unspecified atom stereocenters. The summed E-state index contributed by atoms with van der Waals surface area (Å²) >= 11 is 0. The van der Waals surface area contributed by atoms with Crippen LogP contribution in [-0.4, -0.2) is 38.6 Å². The van der Waals surface area contributed by atoms with Crippen LogP contribution in [0.1, 0.15) is 19.4 Å². The molecule has 0 radical (unpaired) electrons. The van der Waals surface area contributed by atoms with Crippen LogP contribution < -0.4 is 20.3 Å². The summed E-state index contributed by atoms with van der Waals surface area (Å²) in [4.78, 5) is 24.6. The summed E-state index contributed by atoms with van der Waals surface area (Å²) in [5.74, 6) is 0.710. The van der Waals surface area contributed by atoms with E-state index in [0.29, 0.717) is 12.2 Å². The van der Waals surface area contributed by atoms with Crippen LogP contribution in [0.15, 0.2) is 48.5 Å². The van der Waals surface area contributed by atoms with E-state index >= 15 is 0 Å². The molecule has 0 saturated heterocycles. The zero-order valence-corrected chi connectivity index (χ0v) is 16.2. The Morgan fingerprint density at radius 3 is 2.07 bits per heavy atom. The van der Waals surface area contributed by atoms with E-state index in [1.807, 2.05) is 12.1 Å². The second kappa shape index (κ2) is 10.3. The number of benzene rings is 2. The molecule has 2 amide bonds. The van der Waals surface area contributed by atoms with Crippen molar-refractivity contribution in [2.24, 2.45) is 0 Å². The summed E-state index contributed by atoms with van der Waals surface area (Å²) in [5, 5.41) is 5.61. The molecular formula is C21H28N3O3+. The number of nitrogens with one attached hydrogen (secondary N) is 3. The van der Waals surface area contributed by atoms with E-state index in [0.717, 1.165) is 30.9 Å². The van der Waals surface area contributed by atoms with Crippen LogP contribution in [0.2, 0.25) is 0 Å². The minimum atomic E-state index is -0.120. The van der Waals surface area contributed by atoms with Gasteiger partial charge in [-0.05, 0) is 48.9 Å². The highest BCUT2D eigenvalue weighted by Gasteiger charge is 2.13. The van der Waals surface area contributed by atoms with Gasteiger partial charge in [-0.3, -0.25) is 9.59 Å². The summed E-state index contributed by atoms with van der Waals surface area (Å²) in [6, 6.07) is 15.1. The smallest absolute Gasteiger partial charge is 0.279 e. The Kier molecular flexibility index (Phi) is 7.82. The van der Waals surface area contributed by atoms with E-state index in [4.69, 9.17) is 4.74 Å². The minimum absolute atomic E-state index is 0.0196. The number of ether oxygens (including phenoxy) is 1. The Morgan fingerprint density at radius 1 is 0.963 bits per heavy atom. The van der Waals surface area contributed by atoms with Crippen molar-refractivity contribution in [2.45, 2.75) is 20.3 Å². The van der Waals surface area contributed by atoms with Gasteiger partial charge in [-0.2, -0.15) is 0 Å². The molecule has 0 aromatic heterocycles. The molecule has 0 saturated carbocycles. The Balaban J connectivity index is 1.82. The SMILES string of the molecule is CC[NH+](CCc1ccc(OC)cc1)CC(=O)Nc1ccc(NC(C)=O)cc1. The lowest BCUT2D eigenvalue weighted by atomic mass is 10.1. The van der Waals surface area contributed by atoms with Crippen molar-refractivity contribution in [2.75, 3.05) is 37.4 Å². The van der Waals surface area contributed by atoms with Gasteiger partial charge in [0.2, 0.25) is 5.91 Å². The first kappa shape index (κ1) is 20.5. The molecule has 1 atom stereocenters. The molecule has 0 spiro atoms. The summed E-state index contributed by atoms with van der Waals surface area (Å²) in [6.07, 6.45) is 0.909. The molecule has 2 rings (SSSR count). The van der Waals surface area contributed by atoms with Gasteiger partial charge in [-0.15, -0.1) is 0 Å². The van der Waals surface area contributed by atoms with Crippen molar-refractivity contribution in [3.63, 3.8) is 0 Å². The number of rotatable bonds is 9. The molecular weight excluding hydrogens is 342 g/mol. The van der Waals surface area contributed by atoms with E-state index in [9.17, 15) is 9.59 Å². The minimum Gasteiger partial charge on any atom is -0.497 e. The molecule has 0 heterocycles. The van der Waals surface area contributed by atoms with Crippen LogP contribution in [0.4, 0.5) is 11.4 Å². The van der Waals surface area contributed by atoms with Crippen LogP contribution in [-0.2, 0) is 16.0 Å². The molecule has 6 heteroatoms. The maximum absolute atomic E-state index is 12.3. The van der Waals surface area contributed by atoms with Gasteiger partial charge in [0.25, 0.3) is 5.91 Å². The summed E-state index contributed by atoms with van der Waals surface area (Å²) in [5.41, 5.74) is 2.66. The topological polar surface area (TPSA) is 71.9 Å². The first-order valence-electron chi connectivity index (χ1n) is 9.14. The molecule has 27 heavy (non-hydrogen) atoms. The molecule has 2 aromatic carbocycles. The van der Waals surface area contributed by atoms with Crippen molar-refractivity contribution in [1.82, 2.24) is 0 Å². The third kappa shape index (κ3) is 7.11. The molecule has 3 N–H and O–H groups in total. The third-order valence-electron chi connectivity index (χ3n) is 4.33. The average Bonchev–Trinajstić information content (AvgIpc) is 2.66. The van der Waals surface area contributed by atoms with Crippen LogP contribution in [0.25, 0.3) is 0 Å². The lowest BCUT2D eigenvalue weighted by Crippen LogP contribution is -3.13. The number of methoxy groups -OCH3 is 1. The zero-order chi connectivity index (χ0) is 19.6. The van der Waals surface area contributed by atoms with E-state index in [1.165, 1.54) is 17.4 Å². The molecule has 6 nitrogen and oxygen atoms in total. The fourth-order valence-corrected chi connectivity index (χ4v) is 2.78. The van der Waals surface area contributed by atoms with Crippen molar-refractivity contribution < 1.29 is 19.2 Å². The predicted octanol–water partition coefficient (Wildman–Crippen LogP) is 1.74. The second-order valence-electron chi connectivity index (χ2n) is 6.44. The number of likely N-dealkylation sites (N-methyl/N-ethyl adjacent to an activating group) is 1. The maximum Gasteiger partial charge on any atom is 0.279 e. The number of anilines is 2. The lowest BCUT2D eigenvalue weighted by Gasteiger charge is -2.17. The Morgan fingerprint density at radius 2 is 1.56 bits per heavy atom. The van der Waals surface area contributed by atoms with Crippen LogP contribution in [0, 0.1) is 0 Å². The van der Waals surface area contributed by atoms with Gasteiger partial charge >= 0.3 is 0 Å². The Bertz CT molecular complexity index is 742. The fourth-order valence-electron chi connectivity index (χ4n) is 2.78. The predicted molar refractivity (Wildman–Crippen MR) is 107 cm³/mol. The Hall–Kier alpha value is -2.86. The number of hydrogen-bond acceptors (Lipinski definition) is 3. The van der Waals surface area contributed by atoms with E-state index in [-0.39, 0.29) is 11.8 Å².